The van der Waals surface area contributed by atoms with Gasteiger partial charge in [0.25, 0.3) is 0 Å². The minimum atomic E-state index is -1.09. The van der Waals surface area contributed by atoms with Gasteiger partial charge >= 0.3 is 0 Å². The number of benzene rings is 1. The standard InChI is InChI=1S/C22H22ClN5O3S/c1-11-25-17(12-5-3-2-4-6-12)16(32-11)8-7-14-20(23)27-22(24)28-21(14)26-15-9-13(10-29)18(30)19(15)31/h2-6,13,15,18-19,29-31H,9-10H2,1H3,(H3,24,26,27,28). The number of nitrogens with two attached hydrogens (primary N) is 1. The highest BCUT2D eigenvalue weighted by Gasteiger charge is 2.41. The predicted molar refractivity (Wildman–Crippen MR) is 124 cm³/mol. The fourth-order valence-corrected chi connectivity index (χ4v) is 4.73. The van der Waals surface area contributed by atoms with Crippen molar-refractivity contribution >= 4 is 34.7 Å². The number of halogens is 1. The third-order valence-corrected chi connectivity index (χ3v) is 6.48. The molecule has 0 radical (unpaired) electrons. The molecular formula is C22H22ClN5O3S. The van der Waals surface area contributed by atoms with Gasteiger partial charge in [-0.1, -0.05) is 47.9 Å². The zero-order valence-corrected chi connectivity index (χ0v) is 18.7. The third kappa shape index (κ3) is 4.55. The van der Waals surface area contributed by atoms with E-state index < -0.39 is 24.2 Å². The summed E-state index contributed by atoms with van der Waals surface area (Å²) in [4.78, 5) is 13.6. The van der Waals surface area contributed by atoms with Crippen LogP contribution in [0.4, 0.5) is 11.8 Å². The van der Waals surface area contributed by atoms with Gasteiger partial charge < -0.3 is 26.4 Å². The molecule has 0 spiro atoms. The van der Waals surface area contributed by atoms with Crippen molar-refractivity contribution in [3.05, 3.63) is 50.9 Å². The SMILES string of the molecule is Cc1nc(-c2ccccc2)c(C#Cc2c(Cl)nc(N)nc2NC2CC(CO)C(O)C2O)s1. The van der Waals surface area contributed by atoms with Crippen LogP contribution in [0.2, 0.25) is 5.15 Å². The molecule has 4 atom stereocenters. The predicted octanol–water partition coefficient (Wildman–Crippen LogP) is 2.06. The van der Waals surface area contributed by atoms with Crippen LogP contribution in [-0.4, -0.2) is 55.1 Å². The van der Waals surface area contributed by atoms with Crippen molar-refractivity contribution in [2.45, 2.75) is 31.6 Å². The topological polar surface area (TPSA) is 137 Å². The van der Waals surface area contributed by atoms with Crippen molar-refractivity contribution in [2.24, 2.45) is 5.92 Å². The van der Waals surface area contributed by atoms with E-state index in [0.29, 0.717) is 12.0 Å². The molecular weight excluding hydrogens is 450 g/mol. The Hall–Kier alpha value is -2.74. The van der Waals surface area contributed by atoms with Crippen LogP contribution in [0.25, 0.3) is 11.3 Å². The number of aliphatic hydroxyl groups is 3. The van der Waals surface area contributed by atoms with E-state index in [1.807, 2.05) is 37.3 Å². The van der Waals surface area contributed by atoms with Crippen molar-refractivity contribution in [1.29, 1.82) is 0 Å². The number of anilines is 2. The molecule has 6 N–H and O–H groups in total. The van der Waals surface area contributed by atoms with Crippen LogP contribution in [0, 0.1) is 24.7 Å². The molecule has 10 heteroatoms. The number of rotatable bonds is 4. The molecule has 4 unspecified atom stereocenters. The fourth-order valence-electron chi connectivity index (χ4n) is 3.71. The number of aryl methyl sites for hydroxylation is 1. The van der Waals surface area contributed by atoms with Crippen LogP contribution < -0.4 is 11.1 Å². The minimum Gasteiger partial charge on any atom is -0.396 e. The van der Waals surface area contributed by atoms with Gasteiger partial charge in [0.05, 0.1) is 22.8 Å². The van der Waals surface area contributed by atoms with Crippen LogP contribution >= 0.6 is 22.9 Å². The highest BCUT2D eigenvalue weighted by molar-refractivity contribution is 7.12. The number of hydrogen-bond acceptors (Lipinski definition) is 9. The van der Waals surface area contributed by atoms with E-state index in [1.165, 1.54) is 11.3 Å². The van der Waals surface area contributed by atoms with Gasteiger partial charge in [0.15, 0.2) is 5.15 Å². The van der Waals surface area contributed by atoms with Gasteiger partial charge in [0, 0.05) is 18.1 Å². The lowest BCUT2D eigenvalue weighted by Crippen LogP contribution is -2.35. The summed E-state index contributed by atoms with van der Waals surface area (Å²) in [5.74, 6) is 5.91. The van der Waals surface area contributed by atoms with E-state index in [0.717, 1.165) is 21.1 Å². The second-order valence-corrected chi connectivity index (χ2v) is 9.09. The first kappa shape index (κ1) is 22.5. The van der Waals surface area contributed by atoms with Crippen molar-refractivity contribution in [1.82, 2.24) is 15.0 Å². The summed E-state index contributed by atoms with van der Waals surface area (Å²) in [6, 6.07) is 9.20. The monoisotopic (exact) mass is 471 g/mol. The number of nitrogens with zero attached hydrogens (tertiary/aromatic N) is 3. The Morgan fingerprint density at radius 2 is 1.91 bits per heavy atom. The van der Waals surface area contributed by atoms with E-state index in [2.05, 4.69) is 32.1 Å². The summed E-state index contributed by atoms with van der Waals surface area (Å²) in [6.45, 7) is 1.68. The molecule has 166 valence electrons. The van der Waals surface area contributed by atoms with E-state index in [-0.39, 0.29) is 23.5 Å². The highest BCUT2D eigenvalue weighted by Crippen LogP contribution is 2.31. The lowest BCUT2D eigenvalue weighted by molar-refractivity contribution is 0.00445. The maximum atomic E-state index is 10.3. The summed E-state index contributed by atoms with van der Waals surface area (Å²) >= 11 is 7.80. The van der Waals surface area contributed by atoms with E-state index in [9.17, 15) is 15.3 Å². The highest BCUT2D eigenvalue weighted by atomic mass is 35.5. The molecule has 0 amide bonds. The molecule has 1 saturated carbocycles. The average Bonchev–Trinajstić information content (AvgIpc) is 3.27. The first-order chi connectivity index (χ1) is 15.4. The first-order valence-electron chi connectivity index (χ1n) is 9.98. The van der Waals surface area contributed by atoms with Crippen LogP contribution in [0.1, 0.15) is 21.9 Å². The van der Waals surface area contributed by atoms with Gasteiger partial charge in [-0.15, -0.1) is 11.3 Å². The average molecular weight is 472 g/mol. The molecule has 2 heterocycles. The number of thiazole rings is 1. The van der Waals surface area contributed by atoms with Gasteiger partial charge in [-0.2, -0.15) is 9.97 Å². The number of aliphatic hydroxyl groups excluding tert-OH is 3. The Balaban J connectivity index is 1.69. The molecule has 1 fully saturated rings. The quantitative estimate of drug-likeness (QED) is 0.288. The van der Waals surface area contributed by atoms with Gasteiger partial charge in [-0.05, 0) is 19.3 Å². The molecule has 0 aliphatic heterocycles. The molecule has 8 nitrogen and oxygen atoms in total. The van der Waals surface area contributed by atoms with Crippen molar-refractivity contribution in [3.8, 4) is 23.1 Å². The summed E-state index contributed by atoms with van der Waals surface area (Å²) in [7, 11) is 0. The van der Waals surface area contributed by atoms with Crippen molar-refractivity contribution in [2.75, 3.05) is 17.7 Å². The molecule has 32 heavy (non-hydrogen) atoms. The third-order valence-electron chi connectivity index (χ3n) is 5.32. The summed E-state index contributed by atoms with van der Waals surface area (Å²) in [5, 5.41) is 33.9. The second-order valence-electron chi connectivity index (χ2n) is 7.53. The van der Waals surface area contributed by atoms with Crippen molar-refractivity contribution < 1.29 is 15.3 Å². The maximum Gasteiger partial charge on any atom is 0.223 e. The molecule has 0 bridgehead atoms. The minimum absolute atomic E-state index is 0.0478. The number of nitrogens with one attached hydrogen (secondary N) is 1. The zero-order chi connectivity index (χ0) is 22.8. The lowest BCUT2D eigenvalue weighted by atomic mass is 10.1. The molecule has 1 aliphatic rings. The van der Waals surface area contributed by atoms with Crippen LogP contribution in [0.3, 0.4) is 0 Å². The molecule has 3 aromatic rings. The Bertz CT molecular complexity index is 1180. The second kappa shape index (κ2) is 9.40. The fraction of sp³-hybridized carbons (Fsp3) is 0.318. The summed E-state index contributed by atoms with van der Waals surface area (Å²) in [5.41, 5.74) is 7.83. The lowest BCUT2D eigenvalue weighted by Gasteiger charge is -2.19. The van der Waals surface area contributed by atoms with E-state index in [4.69, 9.17) is 17.3 Å². The molecule has 1 aromatic carbocycles. The summed E-state index contributed by atoms with van der Waals surface area (Å²) < 4.78 is 0. The van der Waals surface area contributed by atoms with Gasteiger partial charge in [-0.3, -0.25) is 0 Å². The smallest absolute Gasteiger partial charge is 0.223 e. The molecule has 4 rings (SSSR count). The van der Waals surface area contributed by atoms with E-state index in [1.54, 1.807) is 0 Å². The largest absolute Gasteiger partial charge is 0.396 e. The Labute approximate surface area is 194 Å². The van der Waals surface area contributed by atoms with Gasteiger partial charge in [0.1, 0.15) is 22.4 Å². The molecule has 2 aromatic heterocycles. The Morgan fingerprint density at radius 3 is 2.59 bits per heavy atom. The van der Waals surface area contributed by atoms with Crippen LogP contribution in [0.15, 0.2) is 30.3 Å². The van der Waals surface area contributed by atoms with Gasteiger partial charge in [-0.25, -0.2) is 4.98 Å². The van der Waals surface area contributed by atoms with Crippen LogP contribution in [-0.2, 0) is 0 Å². The first-order valence-corrected chi connectivity index (χ1v) is 11.2. The van der Waals surface area contributed by atoms with Crippen LogP contribution in [0.5, 0.6) is 0 Å². The molecule has 1 aliphatic carbocycles. The number of aromatic nitrogens is 3. The van der Waals surface area contributed by atoms with E-state index >= 15 is 0 Å². The normalized spacial score (nSPS) is 22.4. The zero-order valence-electron chi connectivity index (χ0n) is 17.2. The van der Waals surface area contributed by atoms with Gasteiger partial charge in [0.2, 0.25) is 5.95 Å². The number of nitrogen functional groups attached to an aromatic ring is 1. The maximum absolute atomic E-state index is 10.3. The summed E-state index contributed by atoms with van der Waals surface area (Å²) in [6.07, 6.45) is -1.79. The molecule has 0 saturated heterocycles. The Morgan fingerprint density at radius 1 is 1.16 bits per heavy atom. The van der Waals surface area contributed by atoms with Crippen molar-refractivity contribution in [3.63, 3.8) is 0 Å². The Kier molecular flexibility index (Phi) is 6.60. The number of hydrogen-bond donors (Lipinski definition) is 5.